The lowest BCUT2D eigenvalue weighted by atomic mass is 10.2. The van der Waals surface area contributed by atoms with Crippen LogP contribution in [0.4, 0.5) is 0 Å². The molecule has 3 aromatic rings. The Morgan fingerprint density at radius 3 is 2.68 bits per heavy atom. The van der Waals surface area contributed by atoms with E-state index in [1.807, 2.05) is 30.3 Å². The molecule has 0 spiro atoms. The van der Waals surface area contributed by atoms with E-state index in [1.165, 1.54) is 11.1 Å². The van der Waals surface area contributed by atoms with E-state index < -0.39 is 0 Å². The van der Waals surface area contributed by atoms with Crippen molar-refractivity contribution in [1.82, 2.24) is 19.4 Å². The summed E-state index contributed by atoms with van der Waals surface area (Å²) in [5, 5.41) is 1.30. The van der Waals surface area contributed by atoms with Crippen molar-refractivity contribution < 1.29 is 4.79 Å². The van der Waals surface area contributed by atoms with Gasteiger partial charge in [0.15, 0.2) is 5.82 Å². The zero-order valence-corrected chi connectivity index (χ0v) is 13.4. The smallest absolute Gasteiger partial charge is 0.270 e. The van der Waals surface area contributed by atoms with Crippen molar-refractivity contribution in [3.8, 4) is 5.82 Å². The molecule has 0 saturated heterocycles. The van der Waals surface area contributed by atoms with Crippen LogP contribution in [0.1, 0.15) is 10.5 Å². The molecule has 0 bridgehead atoms. The number of carbonyl (C=O) groups is 1. The van der Waals surface area contributed by atoms with Gasteiger partial charge in [0, 0.05) is 19.5 Å². The van der Waals surface area contributed by atoms with Crippen molar-refractivity contribution in [2.45, 2.75) is 0 Å². The van der Waals surface area contributed by atoms with Crippen LogP contribution in [0.25, 0.3) is 16.7 Å². The van der Waals surface area contributed by atoms with Crippen molar-refractivity contribution in [3.05, 3.63) is 52.5 Å². The molecule has 0 fully saturated rings. The molecule has 0 aliphatic carbocycles. The monoisotopic (exact) mass is 334 g/mol. The molecule has 0 aliphatic rings. The SMILES string of the molecule is CN(C)C(=O)c1cc2ccccc2n1-c1nc(Cl)ncc1Cl. The summed E-state index contributed by atoms with van der Waals surface area (Å²) in [4.78, 5) is 22.0. The largest absolute Gasteiger partial charge is 0.343 e. The van der Waals surface area contributed by atoms with Crippen molar-refractivity contribution >= 4 is 40.0 Å². The number of nitrogens with zero attached hydrogens (tertiary/aromatic N) is 4. The number of fused-ring (bicyclic) bond motifs is 1. The van der Waals surface area contributed by atoms with Crippen LogP contribution in [0, 0.1) is 0 Å². The first kappa shape index (κ1) is 14.8. The molecule has 0 radical (unpaired) electrons. The lowest BCUT2D eigenvalue weighted by Gasteiger charge is -2.14. The predicted molar refractivity (Wildman–Crippen MR) is 86.9 cm³/mol. The van der Waals surface area contributed by atoms with E-state index in [2.05, 4.69) is 9.97 Å². The molecule has 112 valence electrons. The highest BCUT2D eigenvalue weighted by molar-refractivity contribution is 6.33. The number of aromatic nitrogens is 3. The van der Waals surface area contributed by atoms with Gasteiger partial charge in [0.25, 0.3) is 5.91 Å². The second kappa shape index (κ2) is 5.59. The van der Waals surface area contributed by atoms with Crippen LogP contribution in [0.5, 0.6) is 0 Å². The van der Waals surface area contributed by atoms with E-state index in [0.717, 1.165) is 10.9 Å². The zero-order valence-electron chi connectivity index (χ0n) is 11.9. The summed E-state index contributed by atoms with van der Waals surface area (Å²) in [6.45, 7) is 0. The molecule has 1 aromatic carbocycles. The maximum Gasteiger partial charge on any atom is 0.270 e. The van der Waals surface area contributed by atoms with Crippen molar-refractivity contribution in [3.63, 3.8) is 0 Å². The predicted octanol–water partition coefficient (Wildman–Crippen LogP) is 3.43. The Labute approximate surface area is 137 Å². The minimum Gasteiger partial charge on any atom is -0.343 e. The number of hydrogen-bond acceptors (Lipinski definition) is 3. The lowest BCUT2D eigenvalue weighted by Crippen LogP contribution is -2.24. The molecule has 0 aliphatic heterocycles. The maximum absolute atomic E-state index is 12.5. The van der Waals surface area contributed by atoms with Crippen LogP contribution in [0.2, 0.25) is 10.3 Å². The van der Waals surface area contributed by atoms with Gasteiger partial charge in [-0.15, -0.1) is 0 Å². The maximum atomic E-state index is 12.5. The van der Waals surface area contributed by atoms with Crippen molar-refractivity contribution in [1.29, 1.82) is 0 Å². The first-order chi connectivity index (χ1) is 10.5. The Balaban J connectivity index is 2.37. The van der Waals surface area contributed by atoms with Gasteiger partial charge in [-0.3, -0.25) is 9.36 Å². The van der Waals surface area contributed by atoms with E-state index in [0.29, 0.717) is 16.5 Å². The van der Waals surface area contributed by atoms with Gasteiger partial charge < -0.3 is 4.90 Å². The topological polar surface area (TPSA) is 51.0 Å². The molecule has 5 nitrogen and oxygen atoms in total. The Hall–Kier alpha value is -2.11. The van der Waals surface area contributed by atoms with Gasteiger partial charge in [-0.25, -0.2) is 4.98 Å². The first-order valence-electron chi connectivity index (χ1n) is 6.49. The van der Waals surface area contributed by atoms with Crippen LogP contribution in [0.3, 0.4) is 0 Å². The molecule has 7 heteroatoms. The van der Waals surface area contributed by atoms with Crippen LogP contribution in [-0.2, 0) is 0 Å². The molecule has 2 heterocycles. The number of halogens is 2. The summed E-state index contributed by atoms with van der Waals surface area (Å²) in [7, 11) is 3.39. The standard InChI is InChI=1S/C15H12Cl2N4O/c1-20(2)14(22)12-7-9-5-3-4-6-11(9)21(12)13-10(16)8-18-15(17)19-13/h3-8H,1-2H3. The molecule has 1 amide bonds. The van der Waals surface area contributed by atoms with E-state index in [9.17, 15) is 4.79 Å². The van der Waals surface area contributed by atoms with Crippen molar-refractivity contribution in [2.24, 2.45) is 0 Å². The summed E-state index contributed by atoms with van der Waals surface area (Å²) in [5.41, 5.74) is 1.28. The number of carbonyl (C=O) groups excluding carboxylic acids is 1. The van der Waals surface area contributed by atoms with Gasteiger partial charge in [0.1, 0.15) is 10.7 Å². The summed E-state index contributed by atoms with van der Waals surface area (Å²) >= 11 is 12.1. The highest BCUT2D eigenvalue weighted by Crippen LogP contribution is 2.28. The normalized spacial score (nSPS) is 10.9. The fourth-order valence-electron chi connectivity index (χ4n) is 2.26. The molecular weight excluding hydrogens is 323 g/mol. The van der Waals surface area contributed by atoms with Gasteiger partial charge in [-0.05, 0) is 23.7 Å². The third-order valence-corrected chi connectivity index (χ3v) is 3.69. The Morgan fingerprint density at radius 1 is 1.23 bits per heavy atom. The number of amides is 1. The Kier molecular flexibility index (Phi) is 3.76. The average Bonchev–Trinajstić information content (AvgIpc) is 2.88. The van der Waals surface area contributed by atoms with Crippen LogP contribution in [0.15, 0.2) is 36.5 Å². The van der Waals surface area contributed by atoms with E-state index in [4.69, 9.17) is 23.2 Å². The van der Waals surface area contributed by atoms with E-state index in [1.54, 1.807) is 18.7 Å². The van der Waals surface area contributed by atoms with E-state index in [-0.39, 0.29) is 11.2 Å². The van der Waals surface area contributed by atoms with Gasteiger partial charge in [-0.1, -0.05) is 29.8 Å². The summed E-state index contributed by atoms with van der Waals surface area (Å²) in [5.74, 6) is 0.232. The molecular formula is C15H12Cl2N4O. The summed E-state index contributed by atoms with van der Waals surface area (Å²) < 4.78 is 1.70. The molecule has 22 heavy (non-hydrogen) atoms. The number of hydrogen-bond donors (Lipinski definition) is 0. The fourth-order valence-corrected chi connectivity index (χ4v) is 2.57. The highest BCUT2D eigenvalue weighted by atomic mass is 35.5. The molecule has 0 saturated carbocycles. The highest BCUT2D eigenvalue weighted by Gasteiger charge is 2.20. The first-order valence-corrected chi connectivity index (χ1v) is 7.25. The van der Waals surface area contributed by atoms with Crippen LogP contribution in [-0.4, -0.2) is 39.4 Å². The van der Waals surface area contributed by atoms with Crippen LogP contribution >= 0.6 is 23.2 Å². The second-order valence-electron chi connectivity index (χ2n) is 4.93. The average molecular weight is 335 g/mol. The zero-order chi connectivity index (χ0) is 15.9. The van der Waals surface area contributed by atoms with Gasteiger partial charge in [-0.2, -0.15) is 4.98 Å². The Morgan fingerprint density at radius 2 is 1.95 bits per heavy atom. The number of benzene rings is 1. The van der Waals surface area contributed by atoms with Crippen LogP contribution < -0.4 is 0 Å². The number of para-hydroxylation sites is 1. The molecule has 0 atom stereocenters. The number of rotatable bonds is 2. The van der Waals surface area contributed by atoms with E-state index >= 15 is 0 Å². The van der Waals surface area contributed by atoms with Gasteiger partial charge in [0.2, 0.25) is 5.28 Å². The molecule has 3 rings (SSSR count). The molecule has 2 aromatic heterocycles. The quantitative estimate of drug-likeness (QED) is 0.674. The summed E-state index contributed by atoms with van der Waals surface area (Å²) in [6.07, 6.45) is 1.42. The second-order valence-corrected chi connectivity index (χ2v) is 5.68. The van der Waals surface area contributed by atoms with Gasteiger partial charge in [0.05, 0.1) is 11.7 Å². The molecule has 0 unspecified atom stereocenters. The van der Waals surface area contributed by atoms with Gasteiger partial charge >= 0.3 is 0 Å². The summed E-state index contributed by atoms with van der Waals surface area (Å²) in [6, 6.07) is 9.43. The molecule has 0 N–H and O–H groups in total. The minimum atomic E-state index is -0.151. The Bertz CT molecular complexity index is 873. The fraction of sp³-hybridized carbons (Fsp3) is 0.133. The lowest BCUT2D eigenvalue weighted by molar-refractivity contribution is 0.0820. The third kappa shape index (κ3) is 2.42. The third-order valence-electron chi connectivity index (χ3n) is 3.24. The minimum absolute atomic E-state index is 0.0698. The van der Waals surface area contributed by atoms with Crippen molar-refractivity contribution in [2.75, 3.05) is 14.1 Å².